The van der Waals surface area contributed by atoms with E-state index in [4.69, 9.17) is 0 Å². The van der Waals surface area contributed by atoms with Gasteiger partial charge in [0.2, 0.25) is 15.9 Å². The number of rotatable bonds is 5. The molecule has 3 N–H and O–H groups in total. The number of hydrogen-bond donors (Lipinski definition) is 3. The Morgan fingerprint density at radius 3 is 2.52 bits per heavy atom. The van der Waals surface area contributed by atoms with Crippen molar-refractivity contribution in [1.29, 1.82) is 0 Å². The van der Waals surface area contributed by atoms with Gasteiger partial charge in [-0.05, 0) is 36.4 Å². The molecule has 33 heavy (non-hydrogen) atoms. The van der Waals surface area contributed by atoms with Crippen LogP contribution in [0.15, 0.2) is 64.4 Å². The lowest BCUT2D eigenvalue weighted by Crippen LogP contribution is -2.49. The van der Waals surface area contributed by atoms with Crippen molar-refractivity contribution in [1.82, 2.24) is 9.62 Å². The number of carbonyl (C=O) groups excluding carboxylic acids is 2. The molecule has 1 saturated heterocycles. The van der Waals surface area contributed by atoms with Crippen molar-refractivity contribution in [3.63, 3.8) is 0 Å². The molecule has 10 nitrogen and oxygen atoms in total. The van der Waals surface area contributed by atoms with Crippen LogP contribution in [0, 0.1) is 0 Å². The zero-order valence-corrected chi connectivity index (χ0v) is 18.7. The Bertz CT molecular complexity index is 1550. The van der Waals surface area contributed by atoms with Crippen LogP contribution >= 0.6 is 0 Å². The number of benzene rings is 3. The first-order chi connectivity index (χ1) is 15.7. The molecule has 2 aliphatic rings. The molecule has 3 aromatic rings. The Morgan fingerprint density at radius 1 is 0.939 bits per heavy atom. The van der Waals surface area contributed by atoms with Crippen molar-refractivity contribution in [3.8, 4) is 0 Å². The number of sulfonamides is 2. The van der Waals surface area contributed by atoms with Gasteiger partial charge in [0.05, 0.1) is 22.0 Å². The third-order valence-electron chi connectivity index (χ3n) is 5.51. The van der Waals surface area contributed by atoms with E-state index in [9.17, 15) is 26.4 Å². The van der Waals surface area contributed by atoms with Gasteiger partial charge in [0, 0.05) is 35.1 Å². The van der Waals surface area contributed by atoms with E-state index in [1.165, 1.54) is 36.4 Å². The number of nitrogens with zero attached hydrogens (tertiary/aromatic N) is 1. The molecule has 2 heterocycles. The lowest BCUT2D eigenvalue weighted by atomic mass is 10.1. The highest BCUT2D eigenvalue weighted by Crippen LogP contribution is 2.37. The fraction of sp³-hybridized carbons (Fsp3) is 0.143. The Balaban J connectivity index is 1.50. The lowest BCUT2D eigenvalue weighted by Gasteiger charge is -2.26. The average Bonchev–Trinajstić information content (AvgIpc) is 3.11. The van der Waals surface area contributed by atoms with Gasteiger partial charge in [-0.3, -0.25) is 14.3 Å². The second-order valence-electron chi connectivity index (χ2n) is 7.62. The largest absolute Gasteiger partial charge is 0.354 e. The molecular weight excluding hydrogens is 468 g/mol. The van der Waals surface area contributed by atoms with Crippen LogP contribution in [0.1, 0.15) is 10.4 Å². The molecule has 0 spiro atoms. The van der Waals surface area contributed by atoms with Crippen LogP contribution in [0.5, 0.6) is 0 Å². The van der Waals surface area contributed by atoms with Crippen LogP contribution in [0.2, 0.25) is 0 Å². The van der Waals surface area contributed by atoms with E-state index in [1.807, 2.05) is 0 Å². The molecule has 0 saturated carbocycles. The lowest BCUT2D eigenvalue weighted by molar-refractivity contribution is -0.122. The topological polar surface area (TPSA) is 142 Å². The van der Waals surface area contributed by atoms with Gasteiger partial charge in [0.15, 0.2) is 0 Å². The quantitative estimate of drug-likeness (QED) is 0.497. The van der Waals surface area contributed by atoms with Crippen molar-refractivity contribution in [2.45, 2.75) is 9.79 Å². The molecule has 0 radical (unpaired) electrons. The number of piperazine rings is 1. The summed E-state index contributed by atoms with van der Waals surface area (Å²) < 4.78 is 55.8. The average molecular weight is 487 g/mol. The highest BCUT2D eigenvalue weighted by Gasteiger charge is 2.30. The monoisotopic (exact) mass is 486 g/mol. The Labute approximate surface area is 189 Å². The summed E-state index contributed by atoms with van der Waals surface area (Å²) >= 11 is 0. The Morgan fingerprint density at radius 2 is 1.73 bits per heavy atom. The fourth-order valence-corrected chi connectivity index (χ4v) is 6.69. The zero-order chi connectivity index (χ0) is 23.4. The van der Waals surface area contributed by atoms with Crippen LogP contribution < -0.4 is 15.4 Å². The number of hydrogen-bond acceptors (Lipinski definition) is 6. The maximum Gasteiger partial charge on any atom is 0.262 e. The maximum absolute atomic E-state index is 13.2. The number of nitrogens with one attached hydrogen (secondary N) is 3. The molecule has 0 unspecified atom stereocenters. The minimum Gasteiger partial charge on any atom is -0.354 e. The molecule has 0 atom stereocenters. The van der Waals surface area contributed by atoms with Crippen LogP contribution in [-0.4, -0.2) is 52.6 Å². The highest BCUT2D eigenvalue weighted by molar-refractivity contribution is 7.93. The van der Waals surface area contributed by atoms with Crippen molar-refractivity contribution in [2.75, 3.05) is 29.7 Å². The SMILES string of the molecule is O=C1CN(S(=O)(=O)c2cccc(NS(=O)(=O)c3ccc4c5c(cccc35)C(=O)N4)c2)CCN1. The number of amides is 2. The first-order valence-corrected chi connectivity index (χ1v) is 12.9. The Hall–Kier alpha value is -3.48. The molecule has 2 amide bonds. The highest BCUT2D eigenvalue weighted by atomic mass is 32.2. The zero-order valence-electron chi connectivity index (χ0n) is 17.0. The second kappa shape index (κ2) is 7.54. The Kier molecular flexibility index (Phi) is 4.88. The van der Waals surface area contributed by atoms with E-state index in [1.54, 1.807) is 18.2 Å². The van der Waals surface area contributed by atoms with Gasteiger partial charge in [0.25, 0.3) is 15.9 Å². The van der Waals surface area contributed by atoms with E-state index >= 15 is 0 Å². The number of anilines is 2. The summed E-state index contributed by atoms with van der Waals surface area (Å²) in [5, 5.41) is 6.16. The summed E-state index contributed by atoms with van der Waals surface area (Å²) in [6.07, 6.45) is 0. The predicted octanol–water partition coefficient (Wildman–Crippen LogP) is 1.33. The maximum atomic E-state index is 13.2. The third kappa shape index (κ3) is 3.61. The van der Waals surface area contributed by atoms with Gasteiger partial charge in [-0.15, -0.1) is 0 Å². The third-order valence-corrected chi connectivity index (χ3v) is 8.79. The predicted molar refractivity (Wildman–Crippen MR) is 121 cm³/mol. The van der Waals surface area contributed by atoms with E-state index in [2.05, 4.69) is 15.4 Å². The minimum absolute atomic E-state index is 0.0411. The summed E-state index contributed by atoms with van der Waals surface area (Å²) in [5.74, 6) is -0.705. The van der Waals surface area contributed by atoms with Gasteiger partial charge in [0.1, 0.15) is 0 Å². The minimum atomic E-state index is -4.12. The molecule has 1 fully saturated rings. The van der Waals surface area contributed by atoms with Gasteiger partial charge in [-0.1, -0.05) is 18.2 Å². The van der Waals surface area contributed by atoms with Gasteiger partial charge in [-0.2, -0.15) is 4.31 Å². The standard InChI is InChI=1S/C21H18N4O6S2/c26-19-12-25(10-9-22-19)33(30,31)14-4-1-3-13(11-14)24-32(28,29)18-8-7-17-20-15(18)5-2-6-16(20)21(27)23-17/h1-8,11,24H,9-10,12H2,(H,22,26)(H,23,27). The molecule has 2 aliphatic heterocycles. The van der Waals surface area contributed by atoms with Crippen LogP contribution in [0.3, 0.4) is 0 Å². The van der Waals surface area contributed by atoms with Crippen molar-refractivity contribution in [2.24, 2.45) is 0 Å². The normalized spacial score (nSPS) is 16.5. The molecular formula is C21H18N4O6S2. The summed E-state index contributed by atoms with van der Waals surface area (Å²) in [5.41, 5.74) is 0.969. The van der Waals surface area contributed by atoms with Crippen LogP contribution in [-0.2, 0) is 24.8 Å². The summed E-state index contributed by atoms with van der Waals surface area (Å²) in [6, 6.07) is 13.2. The molecule has 0 bridgehead atoms. The van der Waals surface area contributed by atoms with Gasteiger partial charge < -0.3 is 10.6 Å². The van der Waals surface area contributed by atoms with E-state index in [0.29, 0.717) is 22.0 Å². The molecule has 0 aliphatic carbocycles. The summed E-state index contributed by atoms with van der Waals surface area (Å²) in [7, 11) is -8.11. The smallest absolute Gasteiger partial charge is 0.262 e. The van der Waals surface area contributed by atoms with Gasteiger partial charge >= 0.3 is 0 Å². The molecule has 170 valence electrons. The molecule has 3 aromatic carbocycles. The number of carbonyl (C=O) groups is 2. The second-order valence-corrected chi connectivity index (χ2v) is 11.2. The first kappa shape index (κ1) is 21.4. The van der Waals surface area contributed by atoms with Crippen molar-refractivity contribution < 1.29 is 26.4 Å². The van der Waals surface area contributed by atoms with Crippen molar-refractivity contribution >= 4 is 54.0 Å². The van der Waals surface area contributed by atoms with E-state index in [-0.39, 0.29) is 41.0 Å². The molecule has 0 aromatic heterocycles. The first-order valence-electron chi connectivity index (χ1n) is 9.94. The fourth-order valence-electron chi connectivity index (χ4n) is 4.00. The van der Waals surface area contributed by atoms with E-state index < -0.39 is 26.0 Å². The molecule has 12 heteroatoms. The molecule has 5 rings (SSSR count). The van der Waals surface area contributed by atoms with E-state index in [0.717, 1.165) is 4.31 Å². The summed E-state index contributed by atoms with van der Waals surface area (Å²) in [6.45, 7) is 0.0238. The van der Waals surface area contributed by atoms with Gasteiger partial charge in [-0.25, -0.2) is 16.8 Å². The van der Waals surface area contributed by atoms with Crippen LogP contribution in [0.25, 0.3) is 10.8 Å². The van der Waals surface area contributed by atoms with Crippen LogP contribution in [0.4, 0.5) is 11.4 Å². The van der Waals surface area contributed by atoms with Crippen molar-refractivity contribution in [3.05, 3.63) is 60.2 Å². The summed E-state index contributed by atoms with van der Waals surface area (Å²) in [4.78, 5) is 23.6.